The number of ether oxygens (including phenoxy) is 1. The Morgan fingerprint density at radius 2 is 2.22 bits per heavy atom. The standard InChI is InChI=1S/C18H29N5O2S2/c1-2-19-17(20-6-4-13-26-18-21-7-14-27-18)23-10-8-22(9-11-23)16(24)15-5-3-12-25-15/h7,14-15H,2-6,8-13H2,1H3,(H,19,20). The summed E-state index contributed by atoms with van der Waals surface area (Å²) in [7, 11) is 0. The number of carbonyl (C=O) groups is 1. The van der Waals surface area contributed by atoms with Crippen molar-refractivity contribution < 1.29 is 9.53 Å². The molecule has 1 atom stereocenters. The van der Waals surface area contributed by atoms with Gasteiger partial charge in [0, 0.05) is 63.2 Å². The monoisotopic (exact) mass is 411 g/mol. The molecule has 1 N–H and O–H groups in total. The molecule has 3 rings (SSSR count). The zero-order valence-corrected chi connectivity index (χ0v) is 17.6. The van der Waals surface area contributed by atoms with Gasteiger partial charge in [-0.15, -0.1) is 11.3 Å². The fourth-order valence-electron chi connectivity index (χ4n) is 3.23. The van der Waals surface area contributed by atoms with Crippen molar-refractivity contribution in [3.63, 3.8) is 0 Å². The van der Waals surface area contributed by atoms with Crippen LogP contribution in [0.15, 0.2) is 20.9 Å². The van der Waals surface area contributed by atoms with E-state index in [0.717, 1.165) is 74.6 Å². The molecule has 1 unspecified atom stereocenters. The van der Waals surface area contributed by atoms with Crippen molar-refractivity contribution in [3.05, 3.63) is 11.6 Å². The van der Waals surface area contributed by atoms with Gasteiger partial charge in [0.25, 0.3) is 5.91 Å². The molecule has 7 nitrogen and oxygen atoms in total. The van der Waals surface area contributed by atoms with Crippen LogP contribution in [0.25, 0.3) is 0 Å². The molecule has 0 spiro atoms. The van der Waals surface area contributed by atoms with E-state index in [2.05, 4.69) is 22.1 Å². The summed E-state index contributed by atoms with van der Waals surface area (Å²) in [6, 6.07) is 0. The van der Waals surface area contributed by atoms with Gasteiger partial charge in [0.05, 0.1) is 0 Å². The van der Waals surface area contributed by atoms with Crippen LogP contribution in [0.5, 0.6) is 0 Å². The summed E-state index contributed by atoms with van der Waals surface area (Å²) in [5.74, 6) is 2.15. The second-order valence-corrected chi connectivity index (χ2v) is 8.79. The summed E-state index contributed by atoms with van der Waals surface area (Å²) < 4.78 is 6.66. The Hall–Kier alpha value is -1.32. The Morgan fingerprint density at radius 1 is 1.41 bits per heavy atom. The summed E-state index contributed by atoms with van der Waals surface area (Å²) in [6.07, 6.45) is 4.51. The van der Waals surface area contributed by atoms with Gasteiger partial charge in [-0.3, -0.25) is 9.79 Å². The molecule has 2 aliphatic rings. The first kappa shape index (κ1) is 20.4. The van der Waals surface area contributed by atoms with E-state index in [1.165, 1.54) is 0 Å². The molecular weight excluding hydrogens is 382 g/mol. The maximum absolute atomic E-state index is 12.5. The van der Waals surface area contributed by atoms with E-state index in [9.17, 15) is 4.79 Å². The first-order valence-electron chi connectivity index (χ1n) is 9.74. The molecule has 2 fully saturated rings. The second-order valence-electron chi connectivity index (χ2n) is 6.55. The Kier molecular flexibility index (Phi) is 8.22. The number of aromatic nitrogens is 1. The third kappa shape index (κ3) is 6.08. The number of carbonyl (C=O) groups excluding carboxylic acids is 1. The van der Waals surface area contributed by atoms with Gasteiger partial charge in [0.15, 0.2) is 5.96 Å². The third-order valence-corrected chi connectivity index (χ3v) is 6.68. The Morgan fingerprint density at radius 3 is 2.89 bits per heavy atom. The molecule has 9 heteroatoms. The van der Waals surface area contributed by atoms with Crippen LogP contribution in [0.1, 0.15) is 26.2 Å². The minimum absolute atomic E-state index is 0.160. The van der Waals surface area contributed by atoms with E-state index < -0.39 is 0 Å². The molecule has 0 bridgehead atoms. The summed E-state index contributed by atoms with van der Waals surface area (Å²) >= 11 is 3.48. The van der Waals surface area contributed by atoms with Crippen LogP contribution in [0.3, 0.4) is 0 Å². The number of hydrogen-bond acceptors (Lipinski definition) is 6. The Labute approximate surface area is 169 Å². The summed E-state index contributed by atoms with van der Waals surface area (Å²) in [4.78, 5) is 25.7. The first-order valence-corrected chi connectivity index (χ1v) is 11.6. The van der Waals surface area contributed by atoms with Crippen molar-refractivity contribution in [3.8, 4) is 0 Å². The van der Waals surface area contributed by atoms with Crippen molar-refractivity contribution in [1.29, 1.82) is 0 Å². The highest BCUT2D eigenvalue weighted by Crippen LogP contribution is 2.20. The van der Waals surface area contributed by atoms with Crippen LogP contribution in [-0.2, 0) is 9.53 Å². The Bertz CT molecular complexity index is 597. The predicted octanol–water partition coefficient (Wildman–Crippen LogP) is 1.91. The number of nitrogens with one attached hydrogen (secondary N) is 1. The molecule has 1 aromatic rings. The van der Waals surface area contributed by atoms with Crippen molar-refractivity contribution in [2.24, 2.45) is 4.99 Å². The number of nitrogens with zero attached hydrogens (tertiary/aromatic N) is 4. The Balaban J connectivity index is 1.42. The van der Waals surface area contributed by atoms with Crippen molar-refractivity contribution in [1.82, 2.24) is 20.1 Å². The highest BCUT2D eigenvalue weighted by Gasteiger charge is 2.30. The zero-order chi connectivity index (χ0) is 18.9. The molecule has 150 valence electrons. The van der Waals surface area contributed by atoms with E-state index >= 15 is 0 Å². The molecule has 2 saturated heterocycles. The maximum atomic E-state index is 12.5. The summed E-state index contributed by atoms with van der Waals surface area (Å²) in [6.45, 7) is 7.57. The molecule has 0 radical (unpaired) electrons. The molecule has 0 aliphatic carbocycles. The minimum Gasteiger partial charge on any atom is -0.368 e. The van der Waals surface area contributed by atoms with Gasteiger partial charge in [-0.05, 0) is 26.2 Å². The number of thiazole rings is 1. The number of rotatable bonds is 7. The lowest BCUT2D eigenvalue weighted by atomic mass is 10.2. The molecule has 3 heterocycles. The predicted molar refractivity (Wildman–Crippen MR) is 111 cm³/mol. The van der Waals surface area contributed by atoms with Crippen LogP contribution in [0, 0.1) is 0 Å². The zero-order valence-electron chi connectivity index (χ0n) is 15.9. The van der Waals surface area contributed by atoms with Crippen LogP contribution in [0.2, 0.25) is 0 Å². The van der Waals surface area contributed by atoms with E-state index in [1.807, 2.05) is 16.5 Å². The second kappa shape index (κ2) is 10.9. The van der Waals surface area contributed by atoms with Crippen LogP contribution in [-0.4, -0.2) is 84.4 Å². The molecule has 1 amide bonds. The lowest BCUT2D eigenvalue weighted by Gasteiger charge is -2.37. The minimum atomic E-state index is -0.214. The number of amides is 1. The summed E-state index contributed by atoms with van der Waals surface area (Å²) in [5, 5.41) is 5.39. The fraction of sp³-hybridized carbons (Fsp3) is 0.722. The third-order valence-electron chi connectivity index (χ3n) is 4.63. The number of aliphatic imine (C=N–C) groups is 1. The highest BCUT2D eigenvalue weighted by molar-refractivity contribution is 8.00. The molecule has 0 aromatic carbocycles. The number of guanidine groups is 1. The van der Waals surface area contributed by atoms with Gasteiger partial charge in [0.2, 0.25) is 0 Å². The van der Waals surface area contributed by atoms with Crippen molar-refractivity contribution >= 4 is 35.0 Å². The largest absolute Gasteiger partial charge is 0.368 e. The van der Waals surface area contributed by atoms with E-state index in [0.29, 0.717) is 6.61 Å². The van der Waals surface area contributed by atoms with Gasteiger partial charge in [0.1, 0.15) is 10.4 Å². The first-order chi connectivity index (χ1) is 13.3. The van der Waals surface area contributed by atoms with Gasteiger partial charge in [-0.2, -0.15) is 0 Å². The normalized spacial score (nSPS) is 20.9. The smallest absolute Gasteiger partial charge is 0.251 e. The summed E-state index contributed by atoms with van der Waals surface area (Å²) in [5.41, 5.74) is 0. The van der Waals surface area contributed by atoms with E-state index in [1.54, 1.807) is 23.1 Å². The van der Waals surface area contributed by atoms with Crippen molar-refractivity contribution in [2.45, 2.75) is 36.6 Å². The fourth-order valence-corrected chi connectivity index (χ4v) is 4.86. The van der Waals surface area contributed by atoms with Gasteiger partial charge >= 0.3 is 0 Å². The molecule has 27 heavy (non-hydrogen) atoms. The average molecular weight is 412 g/mol. The van der Waals surface area contributed by atoms with Crippen molar-refractivity contribution in [2.75, 3.05) is 51.6 Å². The van der Waals surface area contributed by atoms with Crippen LogP contribution < -0.4 is 5.32 Å². The van der Waals surface area contributed by atoms with Crippen LogP contribution >= 0.6 is 23.1 Å². The molecule has 2 aliphatic heterocycles. The van der Waals surface area contributed by atoms with Gasteiger partial charge in [-0.1, -0.05) is 11.8 Å². The van der Waals surface area contributed by atoms with Gasteiger partial charge in [-0.25, -0.2) is 4.98 Å². The molecule has 0 saturated carbocycles. The lowest BCUT2D eigenvalue weighted by molar-refractivity contribution is -0.142. The van der Waals surface area contributed by atoms with E-state index in [4.69, 9.17) is 9.73 Å². The van der Waals surface area contributed by atoms with Gasteiger partial charge < -0.3 is 19.9 Å². The highest BCUT2D eigenvalue weighted by atomic mass is 32.2. The van der Waals surface area contributed by atoms with Crippen LogP contribution in [0.4, 0.5) is 0 Å². The number of thioether (sulfide) groups is 1. The number of hydrogen-bond donors (Lipinski definition) is 1. The average Bonchev–Trinajstić information content (AvgIpc) is 3.40. The topological polar surface area (TPSA) is 70.1 Å². The maximum Gasteiger partial charge on any atom is 0.251 e. The SMILES string of the molecule is CCNC(=NCCCSc1nccs1)N1CCN(C(=O)C2CCCO2)CC1. The molecule has 1 aromatic heterocycles. The molecular formula is C18H29N5O2S2. The quantitative estimate of drug-likeness (QED) is 0.320. The lowest BCUT2D eigenvalue weighted by Crippen LogP contribution is -2.55. The number of piperazine rings is 1. The van der Waals surface area contributed by atoms with E-state index in [-0.39, 0.29) is 12.0 Å².